The SMILES string of the molecule is CCCN(C(=O)c1ccc(C)cc1Cl)C1CCNC1.Cl. The maximum atomic E-state index is 12.7. The highest BCUT2D eigenvalue weighted by molar-refractivity contribution is 6.33. The summed E-state index contributed by atoms with van der Waals surface area (Å²) >= 11 is 6.21. The highest BCUT2D eigenvalue weighted by Crippen LogP contribution is 2.21. The Morgan fingerprint density at radius 1 is 1.50 bits per heavy atom. The van der Waals surface area contributed by atoms with Crippen LogP contribution in [0.1, 0.15) is 35.7 Å². The van der Waals surface area contributed by atoms with Gasteiger partial charge in [-0.25, -0.2) is 0 Å². The molecular weight excluding hydrogens is 295 g/mol. The minimum atomic E-state index is 0. The highest BCUT2D eigenvalue weighted by atomic mass is 35.5. The van der Waals surface area contributed by atoms with Crippen LogP contribution in [0.2, 0.25) is 5.02 Å². The molecule has 0 radical (unpaired) electrons. The summed E-state index contributed by atoms with van der Waals surface area (Å²) in [5, 5.41) is 3.87. The smallest absolute Gasteiger partial charge is 0.255 e. The van der Waals surface area contributed by atoms with E-state index in [2.05, 4.69) is 12.2 Å². The van der Waals surface area contributed by atoms with Crippen LogP contribution in [0.25, 0.3) is 0 Å². The van der Waals surface area contributed by atoms with Gasteiger partial charge in [0.15, 0.2) is 0 Å². The van der Waals surface area contributed by atoms with E-state index in [0.717, 1.165) is 38.0 Å². The first-order chi connectivity index (χ1) is 9.13. The molecule has 2 rings (SSSR count). The van der Waals surface area contributed by atoms with Gasteiger partial charge in [-0.05, 0) is 44.0 Å². The van der Waals surface area contributed by atoms with Crippen LogP contribution in [0.15, 0.2) is 18.2 Å². The Kier molecular flexibility index (Phi) is 6.80. The van der Waals surface area contributed by atoms with Gasteiger partial charge in [0.05, 0.1) is 10.6 Å². The van der Waals surface area contributed by atoms with Crippen molar-refractivity contribution in [2.75, 3.05) is 19.6 Å². The average Bonchev–Trinajstić information content (AvgIpc) is 2.89. The van der Waals surface area contributed by atoms with Crippen molar-refractivity contribution in [1.29, 1.82) is 0 Å². The number of nitrogens with one attached hydrogen (secondary N) is 1. The van der Waals surface area contributed by atoms with Gasteiger partial charge in [0, 0.05) is 19.1 Å². The zero-order valence-electron chi connectivity index (χ0n) is 12.0. The monoisotopic (exact) mass is 316 g/mol. The molecule has 0 bridgehead atoms. The van der Waals surface area contributed by atoms with E-state index in [-0.39, 0.29) is 18.3 Å². The Labute approximate surface area is 132 Å². The number of hydrogen-bond donors (Lipinski definition) is 1. The lowest BCUT2D eigenvalue weighted by Gasteiger charge is -2.28. The van der Waals surface area contributed by atoms with Gasteiger partial charge in [-0.15, -0.1) is 12.4 Å². The molecule has 20 heavy (non-hydrogen) atoms. The van der Waals surface area contributed by atoms with Gasteiger partial charge in [0.25, 0.3) is 5.91 Å². The van der Waals surface area contributed by atoms with Crippen molar-refractivity contribution in [3.8, 4) is 0 Å². The molecule has 0 spiro atoms. The second kappa shape index (κ2) is 7.87. The van der Waals surface area contributed by atoms with Crippen LogP contribution in [0.4, 0.5) is 0 Å². The van der Waals surface area contributed by atoms with Crippen LogP contribution in [0.3, 0.4) is 0 Å². The number of amides is 1. The lowest BCUT2D eigenvalue weighted by molar-refractivity contribution is 0.0692. The number of aryl methyl sites for hydroxylation is 1. The maximum Gasteiger partial charge on any atom is 0.255 e. The van der Waals surface area contributed by atoms with Crippen LogP contribution in [0, 0.1) is 6.92 Å². The van der Waals surface area contributed by atoms with E-state index in [0.29, 0.717) is 16.6 Å². The van der Waals surface area contributed by atoms with E-state index in [1.807, 2.05) is 30.0 Å². The molecule has 1 saturated heterocycles. The van der Waals surface area contributed by atoms with Gasteiger partial charge < -0.3 is 10.2 Å². The third kappa shape index (κ3) is 3.87. The number of benzene rings is 1. The van der Waals surface area contributed by atoms with Crippen molar-refractivity contribution >= 4 is 29.9 Å². The summed E-state index contributed by atoms with van der Waals surface area (Å²) in [6.45, 7) is 6.73. The summed E-state index contributed by atoms with van der Waals surface area (Å²) in [7, 11) is 0. The number of carbonyl (C=O) groups is 1. The molecular formula is C15H22Cl2N2O. The van der Waals surface area contributed by atoms with Crippen molar-refractivity contribution in [2.45, 2.75) is 32.7 Å². The van der Waals surface area contributed by atoms with Crippen LogP contribution in [-0.4, -0.2) is 36.5 Å². The predicted molar refractivity (Wildman–Crippen MR) is 86.0 cm³/mol. The number of carbonyl (C=O) groups excluding carboxylic acids is 1. The molecule has 5 heteroatoms. The molecule has 3 nitrogen and oxygen atoms in total. The largest absolute Gasteiger partial charge is 0.334 e. The van der Waals surface area contributed by atoms with Gasteiger partial charge in [-0.2, -0.15) is 0 Å². The molecule has 1 fully saturated rings. The number of rotatable bonds is 4. The van der Waals surface area contributed by atoms with E-state index in [4.69, 9.17) is 11.6 Å². The van der Waals surface area contributed by atoms with Gasteiger partial charge in [0.1, 0.15) is 0 Å². The number of hydrogen-bond acceptors (Lipinski definition) is 2. The van der Waals surface area contributed by atoms with Gasteiger partial charge in [-0.1, -0.05) is 24.6 Å². The number of halogens is 2. The summed E-state index contributed by atoms with van der Waals surface area (Å²) in [6.07, 6.45) is 1.99. The molecule has 1 aliphatic heterocycles. The molecule has 0 aliphatic carbocycles. The lowest BCUT2D eigenvalue weighted by Crippen LogP contribution is -2.42. The molecule has 112 valence electrons. The molecule has 1 aromatic rings. The zero-order chi connectivity index (χ0) is 13.8. The Hall–Kier alpha value is -0.770. The zero-order valence-corrected chi connectivity index (χ0v) is 13.6. The Morgan fingerprint density at radius 3 is 2.80 bits per heavy atom. The standard InChI is InChI=1S/C15H21ClN2O.ClH/c1-3-8-18(12-6-7-17-10-12)15(19)13-5-4-11(2)9-14(13)16;/h4-5,9,12,17H,3,6-8,10H2,1-2H3;1H. The lowest BCUT2D eigenvalue weighted by atomic mass is 10.1. The molecule has 1 heterocycles. The third-order valence-corrected chi connectivity index (χ3v) is 3.87. The van der Waals surface area contributed by atoms with Crippen LogP contribution >= 0.6 is 24.0 Å². The topological polar surface area (TPSA) is 32.3 Å². The molecule has 1 atom stereocenters. The molecule has 0 saturated carbocycles. The average molecular weight is 317 g/mol. The third-order valence-electron chi connectivity index (χ3n) is 3.56. The summed E-state index contributed by atoms with van der Waals surface area (Å²) in [5.41, 5.74) is 1.69. The van der Waals surface area contributed by atoms with E-state index in [1.165, 1.54) is 0 Å². The van der Waals surface area contributed by atoms with E-state index in [1.54, 1.807) is 0 Å². The van der Waals surface area contributed by atoms with Crippen molar-refractivity contribution in [3.05, 3.63) is 34.3 Å². The predicted octanol–water partition coefficient (Wildman–Crippen LogP) is 3.28. The highest BCUT2D eigenvalue weighted by Gasteiger charge is 2.27. The minimum Gasteiger partial charge on any atom is -0.334 e. The first-order valence-electron chi connectivity index (χ1n) is 6.91. The Balaban J connectivity index is 0.00000200. The molecule has 1 aliphatic rings. The Bertz CT molecular complexity index is 459. The van der Waals surface area contributed by atoms with Crippen molar-refractivity contribution in [1.82, 2.24) is 10.2 Å². The fourth-order valence-electron chi connectivity index (χ4n) is 2.54. The normalized spacial score (nSPS) is 17.6. The second-order valence-electron chi connectivity index (χ2n) is 5.13. The van der Waals surface area contributed by atoms with Crippen molar-refractivity contribution in [2.24, 2.45) is 0 Å². The first-order valence-corrected chi connectivity index (χ1v) is 7.29. The fourth-order valence-corrected chi connectivity index (χ4v) is 2.86. The van der Waals surface area contributed by atoms with Crippen molar-refractivity contribution < 1.29 is 4.79 Å². The van der Waals surface area contributed by atoms with Crippen LogP contribution in [0.5, 0.6) is 0 Å². The summed E-state index contributed by atoms with van der Waals surface area (Å²) in [4.78, 5) is 14.6. The summed E-state index contributed by atoms with van der Waals surface area (Å²) in [5.74, 6) is 0.0561. The Morgan fingerprint density at radius 2 is 2.25 bits per heavy atom. The van der Waals surface area contributed by atoms with Gasteiger partial charge in [0.2, 0.25) is 0 Å². The van der Waals surface area contributed by atoms with E-state index >= 15 is 0 Å². The van der Waals surface area contributed by atoms with E-state index in [9.17, 15) is 4.79 Å². The molecule has 1 aromatic carbocycles. The molecule has 1 unspecified atom stereocenters. The maximum absolute atomic E-state index is 12.7. The van der Waals surface area contributed by atoms with Gasteiger partial charge >= 0.3 is 0 Å². The summed E-state index contributed by atoms with van der Waals surface area (Å²) in [6, 6.07) is 5.93. The van der Waals surface area contributed by atoms with Crippen molar-refractivity contribution in [3.63, 3.8) is 0 Å². The van der Waals surface area contributed by atoms with Crippen LogP contribution < -0.4 is 5.32 Å². The van der Waals surface area contributed by atoms with Gasteiger partial charge in [-0.3, -0.25) is 4.79 Å². The molecule has 1 N–H and O–H groups in total. The quantitative estimate of drug-likeness (QED) is 0.924. The summed E-state index contributed by atoms with van der Waals surface area (Å²) < 4.78 is 0. The minimum absolute atomic E-state index is 0. The fraction of sp³-hybridized carbons (Fsp3) is 0.533. The molecule has 1 amide bonds. The number of nitrogens with zero attached hydrogens (tertiary/aromatic N) is 1. The first kappa shape index (κ1) is 17.3. The molecule has 0 aromatic heterocycles. The second-order valence-corrected chi connectivity index (χ2v) is 5.54. The van der Waals surface area contributed by atoms with Crippen LogP contribution in [-0.2, 0) is 0 Å². The van der Waals surface area contributed by atoms with E-state index < -0.39 is 0 Å².